The molecule has 1 aliphatic heterocycles. The number of nitrogens with zero attached hydrogens (tertiary/aromatic N) is 2. The lowest BCUT2D eigenvalue weighted by Gasteiger charge is -2.34. The molecular weight excluding hydrogens is 284 g/mol. The Hall–Kier alpha value is -1.19. The maximum absolute atomic E-state index is 11.7. The number of benzene rings is 1. The van der Waals surface area contributed by atoms with Gasteiger partial charge in [-0.3, -0.25) is 9.69 Å². The van der Waals surface area contributed by atoms with Crippen molar-refractivity contribution in [3.63, 3.8) is 0 Å². The number of carbonyl (C=O) groups excluding carboxylic acids is 1. The SMILES string of the molecule is CC(C)C(=O)CCN1CCN(Cc2ccc(C(C)C)cc2)CC1. The molecule has 0 aromatic heterocycles. The van der Waals surface area contributed by atoms with Crippen molar-refractivity contribution in [3.8, 4) is 0 Å². The van der Waals surface area contributed by atoms with Crippen molar-refractivity contribution in [2.45, 2.75) is 46.6 Å². The molecule has 1 aromatic rings. The summed E-state index contributed by atoms with van der Waals surface area (Å²) in [4.78, 5) is 16.7. The largest absolute Gasteiger partial charge is 0.300 e. The zero-order chi connectivity index (χ0) is 16.8. The number of hydrogen-bond donors (Lipinski definition) is 0. The summed E-state index contributed by atoms with van der Waals surface area (Å²) in [5.74, 6) is 1.16. The first-order valence-electron chi connectivity index (χ1n) is 9.02. The summed E-state index contributed by atoms with van der Waals surface area (Å²) in [7, 11) is 0. The lowest BCUT2D eigenvalue weighted by atomic mass is 10.0. The van der Waals surface area contributed by atoms with Crippen molar-refractivity contribution < 1.29 is 4.79 Å². The zero-order valence-corrected chi connectivity index (χ0v) is 15.2. The molecule has 3 nitrogen and oxygen atoms in total. The molecular formula is C20H32N2O. The highest BCUT2D eigenvalue weighted by Gasteiger charge is 2.18. The van der Waals surface area contributed by atoms with E-state index in [1.54, 1.807) is 0 Å². The Morgan fingerprint density at radius 1 is 0.957 bits per heavy atom. The van der Waals surface area contributed by atoms with Gasteiger partial charge in [-0.2, -0.15) is 0 Å². The molecule has 0 amide bonds. The quantitative estimate of drug-likeness (QED) is 0.768. The molecule has 1 heterocycles. The molecule has 0 saturated carbocycles. The molecule has 0 spiro atoms. The molecule has 2 rings (SSSR count). The van der Waals surface area contributed by atoms with Gasteiger partial charge >= 0.3 is 0 Å². The average molecular weight is 316 g/mol. The minimum absolute atomic E-state index is 0.171. The van der Waals surface area contributed by atoms with Crippen LogP contribution in [0.5, 0.6) is 0 Å². The van der Waals surface area contributed by atoms with Crippen LogP contribution >= 0.6 is 0 Å². The summed E-state index contributed by atoms with van der Waals surface area (Å²) < 4.78 is 0. The number of hydrogen-bond acceptors (Lipinski definition) is 3. The summed E-state index contributed by atoms with van der Waals surface area (Å²) in [6, 6.07) is 9.05. The smallest absolute Gasteiger partial charge is 0.136 e. The van der Waals surface area contributed by atoms with Crippen molar-refractivity contribution in [1.82, 2.24) is 9.80 Å². The van der Waals surface area contributed by atoms with Gasteiger partial charge in [-0.1, -0.05) is 52.0 Å². The maximum Gasteiger partial charge on any atom is 0.136 e. The Balaban J connectivity index is 1.73. The van der Waals surface area contributed by atoms with Crippen molar-refractivity contribution in [1.29, 1.82) is 0 Å². The predicted molar refractivity (Wildman–Crippen MR) is 96.7 cm³/mol. The van der Waals surface area contributed by atoms with E-state index in [0.29, 0.717) is 18.1 Å². The van der Waals surface area contributed by atoms with Crippen LogP contribution in [0.15, 0.2) is 24.3 Å². The Bertz CT molecular complexity index is 485. The van der Waals surface area contributed by atoms with E-state index in [1.807, 2.05) is 13.8 Å². The Morgan fingerprint density at radius 2 is 1.52 bits per heavy atom. The van der Waals surface area contributed by atoms with Gasteiger partial charge in [0.15, 0.2) is 0 Å². The van der Waals surface area contributed by atoms with Gasteiger partial charge in [0.05, 0.1) is 0 Å². The average Bonchev–Trinajstić information content (AvgIpc) is 2.54. The molecule has 0 atom stereocenters. The third kappa shape index (κ3) is 5.74. The standard InChI is InChI=1S/C20H32N2O/c1-16(2)19-7-5-18(6-8-19)15-22-13-11-21(12-14-22)10-9-20(23)17(3)4/h5-8,16-17H,9-15H2,1-4H3. The van der Waals surface area contributed by atoms with E-state index in [9.17, 15) is 4.79 Å². The molecule has 0 radical (unpaired) electrons. The van der Waals surface area contributed by atoms with Crippen molar-refractivity contribution >= 4 is 5.78 Å². The lowest BCUT2D eigenvalue weighted by molar-refractivity contribution is -0.122. The second-order valence-corrected chi connectivity index (χ2v) is 7.39. The van der Waals surface area contributed by atoms with E-state index < -0.39 is 0 Å². The van der Waals surface area contributed by atoms with Crippen LogP contribution in [0.2, 0.25) is 0 Å². The molecule has 1 saturated heterocycles. The second-order valence-electron chi connectivity index (χ2n) is 7.39. The van der Waals surface area contributed by atoms with Gasteiger partial charge in [0.25, 0.3) is 0 Å². The summed E-state index contributed by atoms with van der Waals surface area (Å²) in [6.07, 6.45) is 0.703. The minimum Gasteiger partial charge on any atom is -0.300 e. The molecule has 1 fully saturated rings. The van der Waals surface area contributed by atoms with Gasteiger partial charge in [-0.15, -0.1) is 0 Å². The van der Waals surface area contributed by atoms with E-state index in [2.05, 4.69) is 47.9 Å². The van der Waals surface area contributed by atoms with Crippen LogP contribution in [-0.2, 0) is 11.3 Å². The molecule has 0 N–H and O–H groups in total. The van der Waals surface area contributed by atoms with Crippen LogP contribution in [0.3, 0.4) is 0 Å². The fraction of sp³-hybridized carbons (Fsp3) is 0.650. The zero-order valence-electron chi connectivity index (χ0n) is 15.2. The summed E-state index contributed by atoms with van der Waals surface area (Å²) in [5.41, 5.74) is 2.81. The highest BCUT2D eigenvalue weighted by atomic mass is 16.1. The molecule has 0 bridgehead atoms. The molecule has 23 heavy (non-hydrogen) atoms. The fourth-order valence-electron chi connectivity index (χ4n) is 2.99. The first kappa shape index (κ1) is 18.2. The number of ketones is 1. The number of Topliss-reactive ketones (excluding diaryl/α,β-unsaturated/α-hetero) is 1. The van der Waals surface area contributed by atoms with E-state index in [0.717, 1.165) is 39.3 Å². The Labute approximate surface area is 141 Å². The third-order valence-corrected chi connectivity index (χ3v) is 4.84. The molecule has 0 unspecified atom stereocenters. The van der Waals surface area contributed by atoms with Crippen LogP contribution in [0.4, 0.5) is 0 Å². The normalized spacial score (nSPS) is 17.1. The summed E-state index contributed by atoms with van der Waals surface area (Å²) >= 11 is 0. The van der Waals surface area contributed by atoms with Crippen molar-refractivity contribution in [2.75, 3.05) is 32.7 Å². The van der Waals surface area contributed by atoms with Gasteiger partial charge in [0.2, 0.25) is 0 Å². The van der Waals surface area contributed by atoms with Crippen molar-refractivity contribution in [2.24, 2.45) is 5.92 Å². The lowest BCUT2D eigenvalue weighted by Crippen LogP contribution is -2.46. The van der Waals surface area contributed by atoms with E-state index >= 15 is 0 Å². The third-order valence-electron chi connectivity index (χ3n) is 4.84. The Kier molecular flexibility index (Phi) is 6.79. The fourth-order valence-corrected chi connectivity index (χ4v) is 2.99. The number of carbonyl (C=O) groups is 1. The molecule has 128 valence electrons. The van der Waals surface area contributed by atoms with Crippen LogP contribution in [0, 0.1) is 5.92 Å². The van der Waals surface area contributed by atoms with Crippen LogP contribution in [-0.4, -0.2) is 48.3 Å². The van der Waals surface area contributed by atoms with Gasteiger partial charge in [0.1, 0.15) is 5.78 Å². The van der Waals surface area contributed by atoms with Crippen LogP contribution < -0.4 is 0 Å². The molecule has 1 aromatic carbocycles. The highest BCUT2D eigenvalue weighted by molar-refractivity contribution is 5.80. The summed E-state index contributed by atoms with van der Waals surface area (Å²) in [5, 5.41) is 0. The topological polar surface area (TPSA) is 23.6 Å². The molecule has 0 aliphatic carbocycles. The summed E-state index contributed by atoms with van der Waals surface area (Å²) in [6.45, 7) is 14.8. The first-order chi connectivity index (χ1) is 11.0. The maximum atomic E-state index is 11.7. The Morgan fingerprint density at radius 3 is 2.04 bits per heavy atom. The van der Waals surface area contributed by atoms with Gasteiger partial charge in [-0.05, 0) is 17.0 Å². The molecule has 3 heteroatoms. The minimum atomic E-state index is 0.171. The van der Waals surface area contributed by atoms with E-state index in [-0.39, 0.29) is 5.92 Å². The van der Waals surface area contributed by atoms with E-state index in [1.165, 1.54) is 11.1 Å². The van der Waals surface area contributed by atoms with E-state index in [4.69, 9.17) is 0 Å². The number of rotatable bonds is 7. The first-order valence-corrected chi connectivity index (χ1v) is 9.02. The van der Waals surface area contributed by atoms with Gasteiger partial charge in [-0.25, -0.2) is 0 Å². The second kappa shape index (κ2) is 8.60. The van der Waals surface area contributed by atoms with Gasteiger partial charge < -0.3 is 4.90 Å². The predicted octanol–water partition coefficient (Wildman–Crippen LogP) is 3.54. The monoisotopic (exact) mass is 316 g/mol. The van der Waals surface area contributed by atoms with Gasteiger partial charge in [0, 0.05) is 51.6 Å². The van der Waals surface area contributed by atoms with Crippen LogP contribution in [0.25, 0.3) is 0 Å². The molecule has 1 aliphatic rings. The van der Waals surface area contributed by atoms with Crippen LogP contribution in [0.1, 0.15) is 51.2 Å². The highest BCUT2D eigenvalue weighted by Crippen LogP contribution is 2.16. The van der Waals surface area contributed by atoms with Crippen molar-refractivity contribution in [3.05, 3.63) is 35.4 Å². The number of piperazine rings is 1.